The number of piperidine rings is 1. The van der Waals surface area contributed by atoms with E-state index in [-0.39, 0.29) is 29.0 Å². The monoisotopic (exact) mass is 592 g/mol. The molecule has 1 aromatic carbocycles. The molecule has 13 heteroatoms. The van der Waals surface area contributed by atoms with Crippen LogP contribution in [0.5, 0.6) is 5.75 Å². The molecule has 3 aromatic rings. The highest BCUT2D eigenvalue weighted by Gasteiger charge is 2.44. The molecule has 3 N–H and O–H groups in total. The Bertz CT molecular complexity index is 1550. The lowest BCUT2D eigenvalue weighted by atomic mass is 9.88. The van der Waals surface area contributed by atoms with Crippen molar-refractivity contribution < 1.29 is 31.4 Å². The summed E-state index contributed by atoms with van der Waals surface area (Å²) in [6.45, 7) is 4.74. The molecule has 0 radical (unpaired) electrons. The fraction of sp³-hybridized carbons (Fsp3) is 0.519. The lowest BCUT2D eigenvalue weighted by Crippen LogP contribution is -2.47. The topological polar surface area (TPSA) is 151 Å². The summed E-state index contributed by atoms with van der Waals surface area (Å²) >= 11 is 0. The van der Waals surface area contributed by atoms with Crippen LogP contribution >= 0.6 is 0 Å². The van der Waals surface area contributed by atoms with Crippen LogP contribution in [0.25, 0.3) is 11.0 Å². The van der Waals surface area contributed by atoms with Gasteiger partial charge in [0.25, 0.3) is 0 Å². The van der Waals surface area contributed by atoms with E-state index in [4.69, 9.17) is 9.47 Å². The predicted molar refractivity (Wildman–Crippen MR) is 149 cm³/mol. The molecule has 0 bridgehead atoms. The molecule has 40 heavy (non-hydrogen) atoms. The van der Waals surface area contributed by atoms with Crippen LogP contribution in [0.3, 0.4) is 0 Å². The van der Waals surface area contributed by atoms with Crippen LogP contribution in [0.1, 0.15) is 33.1 Å². The summed E-state index contributed by atoms with van der Waals surface area (Å²) in [6.07, 6.45) is 4.22. The Morgan fingerprint density at radius 2 is 1.95 bits per heavy atom. The number of hydrogen-bond donors (Lipinski definition) is 3. The van der Waals surface area contributed by atoms with E-state index in [0.29, 0.717) is 43.8 Å². The van der Waals surface area contributed by atoms with Crippen molar-refractivity contribution >= 4 is 30.9 Å². The van der Waals surface area contributed by atoms with Gasteiger partial charge in [-0.3, -0.25) is 4.98 Å². The standard InChI is InChI=1S/C27H36N4O7S2/c1-19(2)39(33,34)23-5-3-4-22(12-23)37-18-21(32)15-29-20-14-27(38-17-20)7-10-31(11-8-27)40(35,36)24-13-26-25(30-16-24)6-9-28-26/h3-6,9,12-13,16,19-21,28-29,32H,7-8,10-11,14-15,17-18H2,1-2H3/t20-,21+/m1/s1. The molecule has 2 saturated heterocycles. The van der Waals surface area contributed by atoms with Crippen molar-refractivity contribution in [3.8, 4) is 5.75 Å². The molecule has 2 fully saturated rings. The molecular weight excluding hydrogens is 556 g/mol. The molecule has 0 unspecified atom stereocenters. The van der Waals surface area contributed by atoms with Crippen molar-refractivity contribution in [2.45, 2.75) is 65.9 Å². The number of sulfone groups is 1. The number of fused-ring (bicyclic) bond motifs is 1. The Balaban J connectivity index is 1.08. The summed E-state index contributed by atoms with van der Waals surface area (Å²) < 4.78 is 64.5. The normalized spacial score (nSPS) is 20.9. The molecule has 2 atom stereocenters. The maximum Gasteiger partial charge on any atom is 0.244 e. The van der Waals surface area contributed by atoms with Crippen molar-refractivity contribution in [3.05, 3.63) is 48.8 Å². The maximum absolute atomic E-state index is 13.2. The lowest BCUT2D eigenvalue weighted by molar-refractivity contribution is -0.0312. The summed E-state index contributed by atoms with van der Waals surface area (Å²) in [5.41, 5.74) is 1.01. The van der Waals surface area contributed by atoms with Gasteiger partial charge in [0, 0.05) is 38.1 Å². The molecular formula is C27H36N4O7S2. The van der Waals surface area contributed by atoms with Gasteiger partial charge in [0.1, 0.15) is 23.4 Å². The number of aliphatic hydroxyl groups is 1. The van der Waals surface area contributed by atoms with Crippen LogP contribution in [0, 0.1) is 0 Å². The number of pyridine rings is 1. The van der Waals surface area contributed by atoms with Crippen molar-refractivity contribution in [1.82, 2.24) is 19.6 Å². The molecule has 218 valence electrons. The predicted octanol–water partition coefficient (Wildman–Crippen LogP) is 2.09. The highest BCUT2D eigenvalue weighted by molar-refractivity contribution is 7.92. The Morgan fingerprint density at radius 1 is 1.18 bits per heavy atom. The zero-order valence-electron chi connectivity index (χ0n) is 22.6. The molecule has 0 saturated carbocycles. The minimum absolute atomic E-state index is 0.00680. The third kappa shape index (κ3) is 6.04. The zero-order valence-corrected chi connectivity index (χ0v) is 24.2. The molecule has 5 rings (SSSR count). The summed E-state index contributed by atoms with van der Waals surface area (Å²) in [7, 11) is -7.07. The molecule has 2 aliphatic rings. The first-order valence-electron chi connectivity index (χ1n) is 13.4. The van der Waals surface area contributed by atoms with Crippen LogP contribution < -0.4 is 10.1 Å². The minimum Gasteiger partial charge on any atom is -0.491 e. The number of ether oxygens (including phenoxy) is 2. The van der Waals surface area contributed by atoms with Gasteiger partial charge < -0.3 is 24.9 Å². The van der Waals surface area contributed by atoms with Crippen LogP contribution in [0.15, 0.2) is 58.6 Å². The average Bonchev–Trinajstić information content (AvgIpc) is 3.57. The second kappa shape index (κ2) is 11.4. The van der Waals surface area contributed by atoms with Crippen LogP contribution in [-0.4, -0.2) is 92.1 Å². The number of hydrogen-bond acceptors (Lipinski definition) is 9. The Labute approximate surface area is 234 Å². The highest BCUT2D eigenvalue weighted by atomic mass is 32.2. The van der Waals surface area contributed by atoms with E-state index in [0.717, 1.165) is 11.9 Å². The number of aliphatic hydroxyl groups excluding tert-OH is 1. The Kier molecular flexibility index (Phi) is 8.24. The second-order valence-electron chi connectivity index (χ2n) is 10.8. The largest absolute Gasteiger partial charge is 0.491 e. The number of nitrogens with one attached hydrogen (secondary N) is 2. The van der Waals surface area contributed by atoms with Gasteiger partial charge in [0.2, 0.25) is 10.0 Å². The molecule has 2 aromatic heterocycles. The average molecular weight is 593 g/mol. The quantitative estimate of drug-likeness (QED) is 0.321. The summed E-state index contributed by atoms with van der Waals surface area (Å²) in [5, 5.41) is 13.2. The second-order valence-corrected chi connectivity index (χ2v) is 15.3. The van der Waals surface area contributed by atoms with Crippen molar-refractivity contribution in [2.75, 3.05) is 32.8 Å². The first-order valence-corrected chi connectivity index (χ1v) is 16.4. The third-order valence-corrected chi connectivity index (χ3v) is 11.7. The van der Waals surface area contributed by atoms with E-state index in [1.807, 2.05) is 0 Å². The lowest BCUT2D eigenvalue weighted by Gasteiger charge is -2.38. The number of H-pyrrole nitrogens is 1. The van der Waals surface area contributed by atoms with E-state index < -0.39 is 36.8 Å². The minimum atomic E-state index is -3.66. The molecule has 2 aliphatic heterocycles. The van der Waals surface area contributed by atoms with Crippen LogP contribution in [0.2, 0.25) is 0 Å². The van der Waals surface area contributed by atoms with Gasteiger partial charge >= 0.3 is 0 Å². The van der Waals surface area contributed by atoms with Crippen molar-refractivity contribution in [2.24, 2.45) is 0 Å². The number of sulfonamides is 1. The fourth-order valence-corrected chi connectivity index (χ4v) is 7.74. The zero-order chi connectivity index (χ0) is 28.5. The van der Waals surface area contributed by atoms with Crippen molar-refractivity contribution in [1.29, 1.82) is 0 Å². The molecule has 0 amide bonds. The Hall–Kier alpha value is -2.55. The SMILES string of the molecule is CC(C)S(=O)(=O)c1cccc(OC[C@@H](O)CN[C@H]2COC3(CCN(S(=O)(=O)c4cnc5cc[nH]c5c4)CC3)C2)c1. The molecule has 1 spiro atoms. The first-order chi connectivity index (χ1) is 19.0. The number of rotatable bonds is 10. The first kappa shape index (κ1) is 29.0. The summed E-state index contributed by atoms with van der Waals surface area (Å²) in [5.74, 6) is 0.384. The number of benzene rings is 1. The van der Waals surface area contributed by atoms with E-state index in [9.17, 15) is 21.9 Å². The van der Waals surface area contributed by atoms with Gasteiger partial charge in [0.15, 0.2) is 9.84 Å². The van der Waals surface area contributed by atoms with Gasteiger partial charge in [0.05, 0.1) is 33.4 Å². The van der Waals surface area contributed by atoms with E-state index >= 15 is 0 Å². The molecule has 0 aliphatic carbocycles. The van der Waals surface area contributed by atoms with Gasteiger partial charge in [-0.05, 0) is 63.4 Å². The number of aromatic nitrogens is 2. The van der Waals surface area contributed by atoms with Gasteiger partial charge in [-0.2, -0.15) is 4.31 Å². The number of aromatic amines is 1. The summed E-state index contributed by atoms with van der Waals surface area (Å²) in [6, 6.07) is 9.74. The van der Waals surface area contributed by atoms with Gasteiger partial charge in [-0.1, -0.05) is 6.07 Å². The van der Waals surface area contributed by atoms with E-state index in [1.165, 1.54) is 22.6 Å². The molecule has 4 heterocycles. The van der Waals surface area contributed by atoms with Crippen molar-refractivity contribution in [3.63, 3.8) is 0 Å². The van der Waals surface area contributed by atoms with E-state index in [1.54, 1.807) is 44.3 Å². The van der Waals surface area contributed by atoms with Gasteiger partial charge in [-0.15, -0.1) is 0 Å². The molecule has 11 nitrogen and oxygen atoms in total. The van der Waals surface area contributed by atoms with Crippen LogP contribution in [0.4, 0.5) is 0 Å². The highest BCUT2D eigenvalue weighted by Crippen LogP contribution is 2.37. The third-order valence-electron chi connectivity index (χ3n) is 7.69. The van der Waals surface area contributed by atoms with Crippen LogP contribution in [-0.2, 0) is 24.6 Å². The summed E-state index contributed by atoms with van der Waals surface area (Å²) in [4.78, 5) is 7.62. The van der Waals surface area contributed by atoms with E-state index in [2.05, 4.69) is 15.3 Å². The maximum atomic E-state index is 13.2. The number of nitrogens with zero attached hydrogens (tertiary/aromatic N) is 2. The smallest absolute Gasteiger partial charge is 0.244 e. The fourth-order valence-electron chi connectivity index (χ4n) is 5.23. The Morgan fingerprint density at radius 3 is 2.70 bits per heavy atom. The van der Waals surface area contributed by atoms with Gasteiger partial charge in [-0.25, -0.2) is 16.8 Å².